The topological polar surface area (TPSA) is 18.5 Å². The second-order valence-electron chi connectivity index (χ2n) is 9.76. The van der Waals surface area contributed by atoms with Gasteiger partial charge in [-0.05, 0) is 56.4 Å². The van der Waals surface area contributed by atoms with E-state index in [4.69, 9.17) is 9.47 Å². The van der Waals surface area contributed by atoms with Crippen molar-refractivity contribution in [2.45, 2.75) is 110 Å². The molecular weight excluding hydrogens is 356 g/mol. The summed E-state index contributed by atoms with van der Waals surface area (Å²) in [4.78, 5) is 0. The van der Waals surface area contributed by atoms with Gasteiger partial charge in [0, 0.05) is 11.5 Å². The Balaban J connectivity index is 1.45. The molecule has 0 atom stereocenters. The molecule has 2 heteroatoms. The number of hydrogen-bond acceptors (Lipinski definition) is 2. The Kier molecular flexibility index (Phi) is 9.06. The average molecular weight is 401 g/mol. The third kappa shape index (κ3) is 6.56. The molecule has 1 heterocycles. The van der Waals surface area contributed by atoms with Gasteiger partial charge in [0.15, 0.2) is 5.79 Å². The molecule has 0 spiro atoms. The average Bonchev–Trinajstić information content (AvgIpc) is 2.76. The molecule has 0 amide bonds. The van der Waals surface area contributed by atoms with Crippen LogP contribution in [0.1, 0.15) is 115 Å². The number of benzene rings is 1. The Labute approximate surface area is 179 Å². The molecule has 2 fully saturated rings. The molecule has 1 saturated heterocycles. The lowest BCUT2D eigenvalue weighted by atomic mass is 9.77. The summed E-state index contributed by atoms with van der Waals surface area (Å²) in [6, 6.07) is 9.16. The predicted molar refractivity (Wildman–Crippen MR) is 122 cm³/mol. The van der Waals surface area contributed by atoms with Crippen molar-refractivity contribution in [2.24, 2.45) is 11.8 Å². The highest BCUT2D eigenvalue weighted by Gasteiger charge is 2.34. The maximum atomic E-state index is 6.25. The summed E-state index contributed by atoms with van der Waals surface area (Å²) in [6.07, 6.45) is 16.2. The fourth-order valence-corrected chi connectivity index (χ4v) is 5.26. The highest BCUT2D eigenvalue weighted by molar-refractivity contribution is 5.28. The Morgan fingerprint density at radius 2 is 1.41 bits per heavy atom. The zero-order valence-electron chi connectivity index (χ0n) is 19.3. The second-order valence-corrected chi connectivity index (χ2v) is 9.76. The van der Waals surface area contributed by atoms with Crippen molar-refractivity contribution in [1.29, 1.82) is 0 Å². The van der Waals surface area contributed by atoms with E-state index in [1.807, 2.05) is 0 Å². The fourth-order valence-electron chi connectivity index (χ4n) is 5.26. The van der Waals surface area contributed by atoms with Gasteiger partial charge >= 0.3 is 0 Å². The molecule has 0 bridgehead atoms. The van der Waals surface area contributed by atoms with Gasteiger partial charge in [0.25, 0.3) is 0 Å². The molecule has 2 nitrogen and oxygen atoms in total. The first-order valence-electron chi connectivity index (χ1n) is 12.5. The van der Waals surface area contributed by atoms with E-state index in [0.717, 1.165) is 25.0 Å². The van der Waals surface area contributed by atoms with Gasteiger partial charge in [-0.3, -0.25) is 0 Å². The lowest BCUT2D eigenvalue weighted by Gasteiger charge is -2.38. The van der Waals surface area contributed by atoms with Crippen LogP contribution in [0.25, 0.3) is 0 Å². The van der Waals surface area contributed by atoms with Crippen LogP contribution in [-0.2, 0) is 15.3 Å². The Bertz CT molecular complexity index is 563. The van der Waals surface area contributed by atoms with Crippen LogP contribution in [0.5, 0.6) is 0 Å². The van der Waals surface area contributed by atoms with Crippen molar-refractivity contribution in [1.82, 2.24) is 0 Å². The number of unbranched alkanes of at least 4 members (excludes halogenated alkanes) is 4. The number of ether oxygens (including phenoxy) is 2. The minimum Gasteiger partial charge on any atom is -0.346 e. The molecule has 1 saturated carbocycles. The molecule has 1 aromatic carbocycles. The Morgan fingerprint density at radius 3 is 2.03 bits per heavy atom. The van der Waals surface area contributed by atoms with Gasteiger partial charge in [-0.25, -0.2) is 0 Å². The fraction of sp³-hybridized carbons (Fsp3) is 0.778. The first-order valence-corrected chi connectivity index (χ1v) is 12.5. The van der Waals surface area contributed by atoms with Gasteiger partial charge in [0.1, 0.15) is 0 Å². The molecule has 1 aromatic rings. The van der Waals surface area contributed by atoms with Crippen molar-refractivity contribution in [3.05, 3.63) is 35.4 Å². The van der Waals surface area contributed by atoms with Gasteiger partial charge in [-0.2, -0.15) is 0 Å². The van der Waals surface area contributed by atoms with E-state index < -0.39 is 5.79 Å². The van der Waals surface area contributed by atoms with E-state index in [1.165, 1.54) is 88.2 Å². The highest BCUT2D eigenvalue weighted by Crippen LogP contribution is 2.39. The molecule has 0 unspecified atom stereocenters. The maximum absolute atomic E-state index is 6.25. The first-order chi connectivity index (χ1) is 14.1. The van der Waals surface area contributed by atoms with Crippen LogP contribution in [-0.4, -0.2) is 13.2 Å². The minimum absolute atomic E-state index is 0.558. The molecule has 1 aliphatic carbocycles. The van der Waals surface area contributed by atoms with Crippen LogP contribution in [0, 0.1) is 11.8 Å². The normalized spacial score (nSPS) is 30.4. The third-order valence-electron chi connectivity index (χ3n) is 7.36. The van der Waals surface area contributed by atoms with Crippen molar-refractivity contribution in [3.63, 3.8) is 0 Å². The third-order valence-corrected chi connectivity index (χ3v) is 7.36. The van der Waals surface area contributed by atoms with E-state index in [1.54, 1.807) is 0 Å². The van der Waals surface area contributed by atoms with Gasteiger partial charge in [0.05, 0.1) is 13.2 Å². The summed E-state index contributed by atoms with van der Waals surface area (Å²) < 4.78 is 12.5. The van der Waals surface area contributed by atoms with Gasteiger partial charge < -0.3 is 9.47 Å². The van der Waals surface area contributed by atoms with E-state index in [9.17, 15) is 0 Å². The molecular formula is C27H44O2. The van der Waals surface area contributed by atoms with Crippen LogP contribution in [0.15, 0.2) is 24.3 Å². The highest BCUT2D eigenvalue weighted by atomic mass is 16.7. The summed E-state index contributed by atoms with van der Waals surface area (Å²) in [5.41, 5.74) is 2.68. The van der Waals surface area contributed by atoms with Crippen molar-refractivity contribution < 1.29 is 9.47 Å². The minimum atomic E-state index is -0.573. The summed E-state index contributed by atoms with van der Waals surface area (Å²) in [5, 5.41) is 0. The molecule has 3 rings (SSSR count). The quantitative estimate of drug-likeness (QED) is 0.371. The van der Waals surface area contributed by atoms with Crippen LogP contribution >= 0.6 is 0 Å². The van der Waals surface area contributed by atoms with Crippen LogP contribution in [0.3, 0.4) is 0 Å². The lowest BCUT2D eigenvalue weighted by Crippen LogP contribution is -2.39. The summed E-state index contributed by atoms with van der Waals surface area (Å²) in [5.74, 6) is 1.70. The zero-order chi connectivity index (χ0) is 20.5. The molecule has 0 aromatic heterocycles. The van der Waals surface area contributed by atoms with Gasteiger partial charge in [0.2, 0.25) is 0 Å². The van der Waals surface area contributed by atoms with Crippen LogP contribution < -0.4 is 0 Å². The predicted octanol–water partition coefficient (Wildman–Crippen LogP) is 7.96. The second kappa shape index (κ2) is 11.5. The number of hydrogen-bond donors (Lipinski definition) is 0. The summed E-state index contributed by atoms with van der Waals surface area (Å²) >= 11 is 0. The molecule has 1 aliphatic heterocycles. The van der Waals surface area contributed by atoms with Crippen LogP contribution in [0.4, 0.5) is 0 Å². The SMILES string of the molecule is CCCCCCCC1COC(C)(c2ccc(C3CCC(CCC)CC3)cc2)OC1. The molecule has 29 heavy (non-hydrogen) atoms. The monoisotopic (exact) mass is 400 g/mol. The maximum Gasteiger partial charge on any atom is 0.191 e. The summed E-state index contributed by atoms with van der Waals surface area (Å²) in [6.45, 7) is 8.33. The molecule has 0 radical (unpaired) electrons. The molecule has 0 N–H and O–H groups in total. The van der Waals surface area contributed by atoms with E-state index in [0.29, 0.717) is 5.92 Å². The van der Waals surface area contributed by atoms with Crippen molar-refractivity contribution >= 4 is 0 Å². The first kappa shape index (κ1) is 22.8. The molecule has 2 aliphatic rings. The van der Waals surface area contributed by atoms with Gasteiger partial charge in [-0.1, -0.05) is 83.1 Å². The number of rotatable bonds is 10. The molecule has 164 valence electrons. The van der Waals surface area contributed by atoms with E-state index in [2.05, 4.69) is 45.0 Å². The smallest absolute Gasteiger partial charge is 0.191 e. The van der Waals surface area contributed by atoms with Gasteiger partial charge in [-0.15, -0.1) is 0 Å². The zero-order valence-corrected chi connectivity index (χ0v) is 19.3. The lowest BCUT2D eigenvalue weighted by molar-refractivity contribution is -0.282. The summed E-state index contributed by atoms with van der Waals surface area (Å²) in [7, 11) is 0. The van der Waals surface area contributed by atoms with E-state index >= 15 is 0 Å². The Hall–Kier alpha value is -0.860. The van der Waals surface area contributed by atoms with Crippen molar-refractivity contribution in [3.8, 4) is 0 Å². The van der Waals surface area contributed by atoms with Crippen LogP contribution in [0.2, 0.25) is 0 Å². The largest absolute Gasteiger partial charge is 0.346 e. The standard InChI is InChI=1S/C27H44O2/c1-4-6-7-8-9-11-23-20-28-27(3,29-21-23)26-18-16-25(17-19-26)24-14-12-22(10-5-2)13-15-24/h16-19,22-24H,4-15,20-21H2,1-3H3. The van der Waals surface area contributed by atoms with Crippen molar-refractivity contribution in [2.75, 3.05) is 13.2 Å². The Morgan fingerprint density at radius 1 is 0.759 bits per heavy atom. The van der Waals surface area contributed by atoms with E-state index in [-0.39, 0.29) is 0 Å².